The number of ketones is 1. The van der Waals surface area contributed by atoms with Crippen LogP contribution in [0.4, 0.5) is 5.69 Å². The first kappa shape index (κ1) is 21.0. The van der Waals surface area contributed by atoms with E-state index in [9.17, 15) is 14.4 Å². The Labute approximate surface area is 170 Å². The molecule has 0 spiro atoms. The zero-order valence-electron chi connectivity index (χ0n) is 14.1. The maximum absolute atomic E-state index is 12.0. The molecule has 9 heteroatoms. The summed E-state index contributed by atoms with van der Waals surface area (Å²) in [6.07, 6.45) is 0. The van der Waals surface area contributed by atoms with Gasteiger partial charge in [0, 0.05) is 24.2 Å². The van der Waals surface area contributed by atoms with E-state index in [1.54, 1.807) is 12.1 Å². The largest absolute Gasteiger partial charge is 0.480 e. The minimum atomic E-state index is -0.750. The second-order valence-corrected chi connectivity index (χ2v) is 6.55. The third-order valence-corrected chi connectivity index (χ3v) is 4.23. The second-order valence-electron chi connectivity index (χ2n) is 5.33. The molecule has 0 aliphatic rings. The van der Waals surface area contributed by atoms with E-state index in [2.05, 4.69) is 5.32 Å². The maximum Gasteiger partial charge on any atom is 0.344 e. The number of Topliss-reactive ketones (excluding diaryl/α,β-unsaturated/α-hetero) is 1. The third kappa shape index (κ3) is 6.43. The molecule has 2 rings (SSSR count). The van der Waals surface area contributed by atoms with Crippen LogP contribution in [0.15, 0.2) is 36.4 Å². The quantitative estimate of drug-likeness (QED) is 0.400. The summed E-state index contributed by atoms with van der Waals surface area (Å²) in [4.78, 5) is 34.7. The molecule has 2 aromatic carbocycles. The van der Waals surface area contributed by atoms with Gasteiger partial charge in [0.15, 0.2) is 19.0 Å². The van der Waals surface area contributed by atoms with Crippen molar-refractivity contribution < 1.29 is 23.9 Å². The number of amides is 1. The minimum absolute atomic E-state index is 0.169. The van der Waals surface area contributed by atoms with E-state index in [0.29, 0.717) is 11.3 Å². The molecule has 27 heavy (non-hydrogen) atoms. The van der Waals surface area contributed by atoms with Gasteiger partial charge in [-0.05, 0) is 30.3 Å². The molecule has 0 atom stereocenters. The summed E-state index contributed by atoms with van der Waals surface area (Å²) in [5.41, 5.74) is 0.897. The summed E-state index contributed by atoms with van der Waals surface area (Å²) >= 11 is 17.6. The summed E-state index contributed by atoms with van der Waals surface area (Å²) in [6.45, 7) is 0.481. The molecule has 0 unspecified atom stereocenters. The van der Waals surface area contributed by atoms with E-state index >= 15 is 0 Å². The van der Waals surface area contributed by atoms with Gasteiger partial charge in [0.25, 0.3) is 0 Å². The second kappa shape index (κ2) is 9.60. The zero-order chi connectivity index (χ0) is 20.0. The van der Waals surface area contributed by atoms with Crippen LogP contribution in [-0.4, -0.2) is 30.9 Å². The highest BCUT2D eigenvalue weighted by Crippen LogP contribution is 2.33. The number of rotatable bonds is 7. The first-order valence-corrected chi connectivity index (χ1v) is 8.73. The lowest BCUT2D eigenvalue weighted by atomic mass is 10.1. The van der Waals surface area contributed by atoms with Gasteiger partial charge in [-0.2, -0.15) is 0 Å². The molecule has 0 saturated carbocycles. The van der Waals surface area contributed by atoms with Crippen LogP contribution in [0, 0.1) is 0 Å². The van der Waals surface area contributed by atoms with Gasteiger partial charge in [-0.3, -0.25) is 9.59 Å². The van der Waals surface area contributed by atoms with Crippen molar-refractivity contribution in [1.82, 2.24) is 0 Å². The van der Waals surface area contributed by atoms with Crippen LogP contribution in [0.25, 0.3) is 0 Å². The Balaban J connectivity index is 1.83. The summed E-state index contributed by atoms with van der Waals surface area (Å²) in [5.74, 6) is -1.20. The Morgan fingerprint density at radius 3 is 2.19 bits per heavy atom. The molecule has 142 valence electrons. The lowest BCUT2D eigenvalue weighted by Gasteiger charge is -2.09. The Morgan fingerprint density at radius 1 is 0.926 bits per heavy atom. The van der Waals surface area contributed by atoms with Crippen LogP contribution >= 0.6 is 34.8 Å². The number of ether oxygens (including phenoxy) is 2. The summed E-state index contributed by atoms with van der Waals surface area (Å²) < 4.78 is 10.1. The van der Waals surface area contributed by atoms with Gasteiger partial charge < -0.3 is 14.8 Å². The highest BCUT2D eigenvalue weighted by Gasteiger charge is 2.13. The highest BCUT2D eigenvalue weighted by molar-refractivity contribution is 6.43. The number of carbonyl (C=O) groups excluding carboxylic acids is 3. The van der Waals surface area contributed by atoms with Gasteiger partial charge in [0.2, 0.25) is 5.91 Å². The molecule has 2 aromatic rings. The molecule has 0 saturated heterocycles. The molecule has 0 aromatic heterocycles. The highest BCUT2D eigenvalue weighted by atomic mass is 35.5. The first-order valence-electron chi connectivity index (χ1n) is 7.60. The molecule has 6 nitrogen and oxygen atoms in total. The van der Waals surface area contributed by atoms with Gasteiger partial charge in [0.05, 0.1) is 15.1 Å². The van der Waals surface area contributed by atoms with Crippen LogP contribution in [0.2, 0.25) is 15.1 Å². The molecular formula is C18H14Cl3NO5. The first-order chi connectivity index (χ1) is 12.8. The maximum atomic E-state index is 12.0. The predicted molar refractivity (Wildman–Crippen MR) is 103 cm³/mol. The molecule has 0 aliphatic heterocycles. The van der Waals surface area contributed by atoms with Crippen molar-refractivity contribution in [2.75, 3.05) is 18.5 Å². The molecule has 0 aliphatic carbocycles. The fourth-order valence-corrected chi connectivity index (χ4v) is 2.56. The van der Waals surface area contributed by atoms with Crippen molar-refractivity contribution in [3.05, 3.63) is 57.0 Å². The average Bonchev–Trinajstić information content (AvgIpc) is 2.61. The summed E-state index contributed by atoms with van der Waals surface area (Å²) in [6, 6.07) is 8.96. The number of hydrogen-bond acceptors (Lipinski definition) is 5. The number of anilines is 1. The predicted octanol–water partition coefficient (Wildman–Crippen LogP) is 4.41. The summed E-state index contributed by atoms with van der Waals surface area (Å²) in [5, 5.41) is 3.25. The standard InChI is InChI=1S/C18H14Cl3NO5/c1-10(23)22-12-4-2-11(3-5-12)16(24)8-27-18(25)9-26-17-7-14(20)13(19)6-15(17)21/h2-7H,8-9H2,1H3,(H,22,23). The third-order valence-electron chi connectivity index (χ3n) is 3.21. The van der Waals surface area contributed by atoms with Gasteiger partial charge in [0.1, 0.15) is 5.75 Å². The van der Waals surface area contributed by atoms with Crippen molar-refractivity contribution in [3.63, 3.8) is 0 Å². The lowest BCUT2D eigenvalue weighted by molar-refractivity contribution is -0.144. The number of carbonyl (C=O) groups is 3. The van der Waals surface area contributed by atoms with E-state index in [1.807, 2.05) is 0 Å². The van der Waals surface area contributed by atoms with Crippen LogP contribution in [0.3, 0.4) is 0 Å². The normalized spacial score (nSPS) is 10.2. The van der Waals surface area contributed by atoms with E-state index in [-0.39, 0.29) is 26.7 Å². The molecule has 1 amide bonds. The fourth-order valence-electron chi connectivity index (χ4n) is 1.97. The van der Waals surface area contributed by atoms with Crippen LogP contribution in [0.5, 0.6) is 5.75 Å². The van der Waals surface area contributed by atoms with Crippen molar-refractivity contribution in [3.8, 4) is 5.75 Å². The van der Waals surface area contributed by atoms with Crippen molar-refractivity contribution >= 4 is 58.1 Å². The number of hydrogen-bond donors (Lipinski definition) is 1. The fraction of sp³-hybridized carbons (Fsp3) is 0.167. The molecule has 0 heterocycles. The SMILES string of the molecule is CC(=O)Nc1ccc(C(=O)COC(=O)COc2cc(Cl)c(Cl)cc2Cl)cc1. The van der Waals surface area contributed by atoms with Crippen LogP contribution in [0.1, 0.15) is 17.3 Å². The monoisotopic (exact) mass is 429 g/mol. The molecule has 0 radical (unpaired) electrons. The van der Waals surface area contributed by atoms with Gasteiger partial charge in [-0.25, -0.2) is 4.79 Å². The van der Waals surface area contributed by atoms with E-state index < -0.39 is 25.0 Å². The Kier molecular flexibility index (Phi) is 7.47. The van der Waals surface area contributed by atoms with E-state index in [4.69, 9.17) is 44.3 Å². The Bertz CT molecular complexity index is 868. The summed E-state index contributed by atoms with van der Waals surface area (Å²) in [7, 11) is 0. The minimum Gasteiger partial charge on any atom is -0.480 e. The Morgan fingerprint density at radius 2 is 1.56 bits per heavy atom. The van der Waals surface area contributed by atoms with Crippen molar-refractivity contribution in [1.29, 1.82) is 0 Å². The van der Waals surface area contributed by atoms with Gasteiger partial charge in [-0.1, -0.05) is 34.8 Å². The van der Waals surface area contributed by atoms with Crippen molar-refractivity contribution in [2.24, 2.45) is 0 Å². The van der Waals surface area contributed by atoms with E-state index in [1.165, 1.54) is 31.2 Å². The topological polar surface area (TPSA) is 81.7 Å². The number of nitrogens with one attached hydrogen (secondary N) is 1. The lowest BCUT2D eigenvalue weighted by Crippen LogP contribution is -2.19. The number of halogens is 3. The van der Waals surface area contributed by atoms with Gasteiger partial charge in [-0.15, -0.1) is 0 Å². The molecular weight excluding hydrogens is 417 g/mol. The molecule has 0 fully saturated rings. The van der Waals surface area contributed by atoms with Crippen LogP contribution in [-0.2, 0) is 14.3 Å². The van der Waals surface area contributed by atoms with Crippen LogP contribution < -0.4 is 10.1 Å². The molecule has 1 N–H and O–H groups in total. The zero-order valence-corrected chi connectivity index (χ0v) is 16.3. The van der Waals surface area contributed by atoms with Crippen molar-refractivity contribution in [2.45, 2.75) is 6.92 Å². The number of benzene rings is 2. The van der Waals surface area contributed by atoms with Gasteiger partial charge >= 0.3 is 5.97 Å². The average molecular weight is 431 g/mol. The molecule has 0 bridgehead atoms. The Hall–Kier alpha value is -2.28. The smallest absolute Gasteiger partial charge is 0.344 e. The number of esters is 1. The van der Waals surface area contributed by atoms with E-state index in [0.717, 1.165) is 0 Å².